The minimum Gasteiger partial charge on any atom is -0.495 e. The van der Waals surface area contributed by atoms with E-state index in [1.807, 2.05) is 25.1 Å². The second kappa shape index (κ2) is 7.63. The molecule has 1 atom stereocenters. The highest BCUT2D eigenvalue weighted by Gasteiger charge is 2.36. The third-order valence-electron chi connectivity index (χ3n) is 4.75. The number of thiazole rings is 1. The summed E-state index contributed by atoms with van der Waals surface area (Å²) in [6.07, 6.45) is 0.132. The predicted molar refractivity (Wildman–Crippen MR) is 107 cm³/mol. The van der Waals surface area contributed by atoms with Crippen molar-refractivity contribution in [3.05, 3.63) is 34.8 Å². The average molecular weight is 413 g/mol. The van der Waals surface area contributed by atoms with Gasteiger partial charge in [-0.05, 0) is 36.7 Å². The average Bonchev–Trinajstić information content (AvgIpc) is 3.41. The van der Waals surface area contributed by atoms with E-state index in [2.05, 4.69) is 25.2 Å². The first-order valence-electron chi connectivity index (χ1n) is 8.97. The number of aryl methyl sites for hydroxylation is 2. The Morgan fingerprint density at radius 3 is 2.90 bits per heavy atom. The number of nitrogens with one attached hydrogen (secondary N) is 1. The Hall–Kier alpha value is -3.27. The maximum Gasteiger partial charge on any atom is 0.231 e. The Kier molecular flexibility index (Phi) is 5.01. The van der Waals surface area contributed by atoms with Crippen molar-refractivity contribution in [1.29, 1.82) is 0 Å². The largest absolute Gasteiger partial charge is 0.495 e. The zero-order valence-corrected chi connectivity index (χ0v) is 16.9. The lowest BCUT2D eigenvalue weighted by atomic mass is 10.1. The number of rotatable bonds is 5. The fourth-order valence-corrected chi connectivity index (χ4v) is 3.94. The molecule has 4 rings (SSSR count). The van der Waals surface area contributed by atoms with Gasteiger partial charge < -0.3 is 15.0 Å². The summed E-state index contributed by atoms with van der Waals surface area (Å²) in [6, 6.07) is 5.63. The van der Waals surface area contributed by atoms with Crippen molar-refractivity contribution >= 4 is 34.0 Å². The van der Waals surface area contributed by atoms with E-state index in [4.69, 9.17) is 4.74 Å². The van der Waals surface area contributed by atoms with Crippen LogP contribution in [0.1, 0.15) is 17.7 Å². The number of nitrogens with zero attached hydrogens (tertiary/aromatic N) is 4. The topological polar surface area (TPSA) is 110 Å². The number of methoxy groups -OCH3 is 1. The molecule has 1 fully saturated rings. The van der Waals surface area contributed by atoms with Crippen LogP contribution in [0.2, 0.25) is 0 Å². The Balaban J connectivity index is 1.47. The van der Waals surface area contributed by atoms with Crippen LogP contribution < -0.4 is 15.0 Å². The van der Waals surface area contributed by atoms with Crippen LogP contribution in [0.5, 0.6) is 5.75 Å². The van der Waals surface area contributed by atoms with E-state index in [1.54, 1.807) is 24.3 Å². The first kappa shape index (κ1) is 19.1. The maximum atomic E-state index is 12.7. The van der Waals surface area contributed by atoms with E-state index in [9.17, 15) is 9.59 Å². The molecule has 150 valence electrons. The van der Waals surface area contributed by atoms with Gasteiger partial charge in [-0.25, -0.2) is 9.61 Å². The number of anilines is 2. The maximum absolute atomic E-state index is 12.7. The van der Waals surface area contributed by atoms with Crippen molar-refractivity contribution in [2.45, 2.75) is 20.3 Å². The summed E-state index contributed by atoms with van der Waals surface area (Å²) in [4.78, 5) is 31.3. The summed E-state index contributed by atoms with van der Waals surface area (Å²) in [6.45, 7) is 4.00. The Bertz CT molecular complexity index is 1080. The lowest BCUT2D eigenvalue weighted by Gasteiger charge is -2.20. The molecular weight excluding hydrogens is 394 g/mol. The summed E-state index contributed by atoms with van der Waals surface area (Å²) in [5.74, 6) is -0.233. The SMILES string of the molecule is COc1ccc(C)cc1N1C[C@@H](C(=O)Nc2nc(-c3nonc3C)cs2)CC1=O. The second-order valence-electron chi connectivity index (χ2n) is 6.81. The summed E-state index contributed by atoms with van der Waals surface area (Å²) < 4.78 is 10.1. The van der Waals surface area contributed by atoms with Gasteiger partial charge in [0.15, 0.2) is 10.8 Å². The van der Waals surface area contributed by atoms with Gasteiger partial charge in [0.25, 0.3) is 0 Å². The number of carbonyl (C=O) groups excluding carboxylic acids is 2. The molecule has 2 aromatic heterocycles. The van der Waals surface area contributed by atoms with Gasteiger partial charge in [-0.2, -0.15) is 0 Å². The zero-order valence-electron chi connectivity index (χ0n) is 16.1. The van der Waals surface area contributed by atoms with Gasteiger partial charge in [-0.15, -0.1) is 11.3 Å². The predicted octanol–water partition coefficient (Wildman–Crippen LogP) is 2.81. The van der Waals surface area contributed by atoms with E-state index in [0.717, 1.165) is 5.56 Å². The molecule has 0 radical (unpaired) electrons. The quantitative estimate of drug-likeness (QED) is 0.685. The first-order chi connectivity index (χ1) is 14.0. The van der Waals surface area contributed by atoms with E-state index in [1.165, 1.54) is 11.3 Å². The minimum absolute atomic E-state index is 0.113. The molecule has 9 nitrogen and oxygen atoms in total. The van der Waals surface area contributed by atoms with Crippen LogP contribution in [0.3, 0.4) is 0 Å². The smallest absolute Gasteiger partial charge is 0.231 e. The lowest BCUT2D eigenvalue weighted by molar-refractivity contribution is -0.122. The molecule has 1 aromatic carbocycles. The third kappa shape index (κ3) is 3.70. The number of benzene rings is 1. The number of hydrogen-bond donors (Lipinski definition) is 1. The Labute approximate surface area is 170 Å². The van der Waals surface area contributed by atoms with Crippen molar-refractivity contribution in [1.82, 2.24) is 15.3 Å². The molecule has 0 saturated carbocycles. The number of hydrogen-bond acceptors (Lipinski definition) is 8. The van der Waals surface area contributed by atoms with E-state index >= 15 is 0 Å². The van der Waals surface area contributed by atoms with Crippen LogP contribution in [-0.2, 0) is 9.59 Å². The van der Waals surface area contributed by atoms with Crippen LogP contribution in [0, 0.1) is 19.8 Å². The third-order valence-corrected chi connectivity index (χ3v) is 5.51. The van der Waals surface area contributed by atoms with Gasteiger partial charge in [0.2, 0.25) is 11.8 Å². The molecule has 10 heteroatoms. The summed E-state index contributed by atoms with van der Waals surface area (Å²) in [5, 5.41) is 12.5. The van der Waals surface area contributed by atoms with E-state index in [-0.39, 0.29) is 24.8 Å². The number of amides is 2. The minimum atomic E-state index is -0.476. The second-order valence-corrected chi connectivity index (χ2v) is 7.66. The van der Waals surface area contributed by atoms with Gasteiger partial charge in [0.05, 0.1) is 18.7 Å². The molecule has 3 aromatic rings. The van der Waals surface area contributed by atoms with Crippen molar-refractivity contribution in [3.63, 3.8) is 0 Å². The molecule has 3 heterocycles. The fraction of sp³-hybridized carbons (Fsp3) is 0.316. The molecular formula is C19H19N5O4S. The molecule has 29 heavy (non-hydrogen) atoms. The Morgan fingerprint density at radius 1 is 1.34 bits per heavy atom. The van der Waals surface area contributed by atoms with Crippen LogP contribution in [-0.4, -0.2) is 40.8 Å². The summed E-state index contributed by atoms with van der Waals surface area (Å²) in [5.41, 5.74) is 3.43. The molecule has 1 aliphatic rings. The van der Waals surface area contributed by atoms with Gasteiger partial charge in [-0.1, -0.05) is 11.2 Å². The monoisotopic (exact) mass is 413 g/mol. The highest BCUT2D eigenvalue weighted by atomic mass is 32.1. The number of carbonyl (C=O) groups is 2. The molecule has 2 amide bonds. The van der Waals surface area contributed by atoms with E-state index < -0.39 is 5.92 Å². The summed E-state index contributed by atoms with van der Waals surface area (Å²) >= 11 is 1.28. The molecule has 0 unspecified atom stereocenters. The molecule has 1 N–H and O–H groups in total. The standard InChI is InChI=1S/C19H19N5O4S/c1-10-4-5-15(27-3)14(6-10)24-8-12(7-16(24)25)18(26)21-19-20-13(9-29-19)17-11(2)22-28-23-17/h4-6,9,12H,7-8H2,1-3H3,(H,20,21,26)/t12-/m0/s1. The first-order valence-corrected chi connectivity index (χ1v) is 9.85. The normalized spacial score (nSPS) is 16.3. The van der Waals surface area contributed by atoms with Gasteiger partial charge in [0, 0.05) is 18.3 Å². The van der Waals surface area contributed by atoms with Gasteiger partial charge in [0.1, 0.15) is 17.1 Å². The molecule has 1 aliphatic heterocycles. The fourth-order valence-electron chi connectivity index (χ4n) is 3.24. The van der Waals surface area contributed by atoms with Crippen LogP contribution in [0.25, 0.3) is 11.4 Å². The van der Waals surface area contributed by atoms with Crippen LogP contribution >= 0.6 is 11.3 Å². The molecule has 0 spiro atoms. The molecule has 0 bridgehead atoms. The molecule has 1 saturated heterocycles. The number of aromatic nitrogens is 3. The summed E-state index contributed by atoms with van der Waals surface area (Å²) in [7, 11) is 1.56. The van der Waals surface area contributed by atoms with Crippen LogP contribution in [0.4, 0.5) is 10.8 Å². The highest BCUT2D eigenvalue weighted by molar-refractivity contribution is 7.14. The van der Waals surface area contributed by atoms with Crippen molar-refractivity contribution in [2.24, 2.45) is 5.92 Å². The van der Waals surface area contributed by atoms with Crippen molar-refractivity contribution < 1.29 is 19.0 Å². The van der Waals surface area contributed by atoms with Gasteiger partial charge in [-0.3, -0.25) is 9.59 Å². The van der Waals surface area contributed by atoms with E-state index in [0.29, 0.717) is 33.7 Å². The Morgan fingerprint density at radius 2 is 2.17 bits per heavy atom. The lowest BCUT2D eigenvalue weighted by Crippen LogP contribution is -2.28. The number of ether oxygens (including phenoxy) is 1. The highest BCUT2D eigenvalue weighted by Crippen LogP contribution is 2.34. The van der Waals surface area contributed by atoms with Crippen molar-refractivity contribution in [2.75, 3.05) is 23.9 Å². The zero-order chi connectivity index (χ0) is 20.5. The molecule has 0 aliphatic carbocycles. The van der Waals surface area contributed by atoms with Gasteiger partial charge >= 0.3 is 0 Å². The van der Waals surface area contributed by atoms with Crippen LogP contribution in [0.15, 0.2) is 28.2 Å². The van der Waals surface area contributed by atoms with Crippen molar-refractivity contribution in [3.8, 4) is 17.1 Å².